The molecule has 0 aromatic rings. The van der Waals surface area contributed by atoms with Crippen LogP contribution in [0.1, 0.15) is 57.8 Å². The highest BCUT2D eigenvalue weighted by Gasteiger charge is 2.32. The van der Waals surface area contributed by atoms with Crippen molar-refractivity contribution in [2.45, 2.75) is 69.9 Å². The maximum atomic E-state index is 5.34. The number of methoxy groups -OCH3 is 1. The van der Waals surface area contributed by atoms with Crippen molar-refractivity contribution >= 4 is 0 Å². The Morgan fingerprint density at radius 3 is 2.19 bits per heavy atom. The van der Waals surface area contributed by atoms with Gasteiger partial charge in [-0.25, -0.2) is 0 Å². The molecule has 2 fully saturated rings. The Kier molecular flexibility index (Phi) is 5.11. The van der Waals surface area contributed by atoms with Crippen LogP contribution in [0.4, 0.5) is 0 Å². The van der Waals surface area contributed by atoms with Crippen molar-refractivity contribution in [2.75, 3.05) is 13.7 Å². The summed E-state index contributed by atoms with van der Waals surface area (Å²) in [6.45, 7) is 0.904. The lowest BCUT2D eigenvalue weighted by atomic mass is 9.96. The average molecular weight is 225 g/mol. The quantitative estimate of drug-likeness (QED) is 0.776. The van der Waals surface area contributed by atoms with Crippen LogP contribution in [-0.4, -0.2) is 25.8 Å². The first-order chi connectivity index (χ1) is 7.90. The van der Waals surface area contributed by atoms with Gasteiger partial charge in [0.05, 0.1) is 6.61 Å². The van der Waals surface area contributed by atoms with E-state index < -0.39 is 0 Å². The summed E-state index contributed by atoms with van der Waals surface area (Å²) in [7, 11) is 1.83. The highest BCUT2D eigenvalue weighted by Crippen LogP contribution is 2.33. The molecule has 2 rings (SSSR count). The van der Waals surface area contributed by atoms with E-state index in [1.165, 1.54) is 57.8 Å². The van der Waals surface area contributed by atoms with Crippen molar-refractivity contribution in [3.05, 3.63) is 0 Å². The van der Waals surface area contributed by atoms with Gasteiger partial charge >= 0.3 is 0 Å². The molecule has 0 radical (unpaired) electrons. The van der Waals surface area contributed by atoms with Crippen molar-refractivity contribution in [1.82, 2.24) is 5.32 Å². The Morgan fingerprint density at radius 1 is 1.00 bits per heavy atom. The lowest BCUT2D eigenvalue weighted by Gasteiger charge is -2.27. The maximum Gasteiger partial charge on any atom is 0.0618 e. The fourth-order valence-electron chi connectivity index (χ4n) is 2.92. The van der Waals surface area contributed by atoms with Crippen LogP contribution in [0.3, 0.4) is 0 Å². The third kappa shape index (κ3) is 4.06. The predicted octanol–water partition coefficient (Wildman–Crippen LogP) is 3.11. The average Bonchev–Trinajstić information content (AvgIpc) is 3.04. The summed E-state index contributed by atoms with van der Waals surface area (Å²) in [5.41, 5.74) is 0. The van der Waals surface area contributed by atoms with Gasteiger partial charge in [-0.3, -0.25) is 0 Å². The third-order valence-corrected chi connectivity index (χ3v) is 4.09. The molecule has 2 aliphatic carbocycles. The second-order valence-corrected chi connectivity index (χ2v) is 5.61. The van der Waals surface area contributed by atoms with Crippen LogP contribution >= 0.6 is 0 Å². The number of rotatable bonds is 5. The van der Waals surface area contributed by atoms with Crippen LogP contribution in [0.5, 0.6) is 0 Å². The standard InChI is InChI=1S/C14H27NO/c1-16-11-14(12-9-10-12)15-13-7-5-3-2-4-6-8-13/h12-15H,2-11H2,1H3. The molecule has 94 valence electrons. The fourth-order valence-corrected chi connectivity index (χ4v) is 2.92. The monoisotopic (exact) mass is 225 g/mol. The molecule has 1 unspecified atom stereocenters. The minimum absolute atomic E-state index is 0.634. The van der Waals surface area contributed by atoms with E-state index in [0.29, 0.717) is 6.04 Å². The van der Waals surface area contributed by atoms with Gasteiger partial charge in [-0.15, -0.1) is 0 Å². The van der Waals surface area contributed by atoms with Crippen LogP contribution in [-0.2, 0) is 4.74 Å². The zero-order chi connectivity index (χ0) is 11.2. The molecule has 2 aliphatic rings. The molecule has 0 aromatic carbocycles. The molecule has 0 saturated heterocycles. The normalized spacial score (nSPS) is 26.1. The molecule has 2 saturated carbocycles. The van der Waals surface area contributed by atoms with Gasteiger partial charge in [-0.2, -0.15) is 0 Å². The molecule has 0 heterocycles. The van der Waals surface area contributed by atoms with Crippen LogP contribution in [0.25, 0.3) is 0 Å². The first kappa shape index (κ1) is 12.4. The van der Waals surface area contributed by atoms with Gasteiger partial charge in [0.2, 0.25) is 0 Å². The number of hydrogen-bond donors (Lipinski definition) is 1. The van der Waals surface area contributed by atoms with Gasteiger partial charge in [0.1, 0.15) is 0 Å². The topological polar surface area (TPSA) is 21.3 Å². The fraction of sp³-hybridized carbons (Fsp3) is 1.00. The van der Waals surface area contributed by atoms with Crippen molar-refractivity contribution in [3.8, 4) is 0 Å². The summed E-state index contributed by atoms with van der Waals surface area (Å²) in [5, 5.41) is 3.86. The van der Waals surface area contributed by atoms with E-state index in [0.717, 1.165) is 18.6 Å². The highest BCUT2D eigenvalue weighted by molar-refractivity contribution is 4.88. The minimum atomic E-state index is 0.634. The molecule has 2 heteroatoms. The van der Waals surface area contributed by atoms with Crippen molar-refractivity contribution in [2.24, 2.45) is 5.92 Å². The number of nitrogens with one attached hydrogen (secondary N) is 1. The molecular formula is C14H27NO. The van der Waals surface area contributed by atoms with E-state index in [1.54, 1.807) is 0 Å². The zero-order valence-corrected chi connectivity index (χ0v) is 10.7. The van der Waals surface area contributed by atoms with Gasteiger partial charge in [0, 0.05) is 19.2 Å². The first-order valence-corrected chi connectivity index (χ1v) is 7.15. The summed E-state index contributed by atoms with van der Waals surface area (Å²) in [6.07, 6.45) is 12.8. The summed E-state index contributed by atoms with van der Waals surface area (Å²) < 4.78 is 5.34. The molecule has 0 amide bonds. The Hall–Kier alpha value is -0.0800. The van der Waals surface area contributed by atoms with Gasteiger partial charge in [-0.1, -0.05) is 32.1 Å². The molecule has 0 aromatic heterocycles. The van der Waals surface area contributed by atoms with Crippen molar-refractivity contribution in [1.29, 1.82) is 0 Å². The van der Waals surface area contributed by atoms with Crippen molar-refractivity contribution in [3.63, 3.8) is 0 Å². The number of hydrogen-bond acceptors (Lipinski definition) is 2. The molecule has 0 bridgehead atoms. The summed E-state index contributed by atoms with van der Waals surface area (Å²) in [5.74, 6) is 0.908. The maximum absolute atomic E-state index is 5.34. The predicted molar refractivity (Wildman–Crippen MR) is 67.6 cm³/mol. The minimum Gasteiger partial charge on any atom is -0.383 e. The Labute approximate surface area is 100 Å². The molecule has 16 heavy (non-hydrogen) atoms. The third-order valence-electron chi connectivity index (χ3n) is 4.09. The first-order valence-electron chi connectivity index (χ1n) is 7.15. The Bertz CT molecular complexity index is 183. The molecule has 0 spiro atoms. The lowest BCUT2D eigenvalue weighted by Crippen LogP contribution is -2.42. The van der Waals surface area contributed by atoms with E-state index >= 15 is 0 Å². The molecule has 1 N–H and O–H groups in total. The SMILES string of the molecule is COCC(NC1CCCCCCC1)C1CC1. The van der Waals surface area contributed by atoms with Gasteiger partial charge in [-0.05, 0) is 31.6 Å². The Balaban J connectivity index is 1.75. The second kappa shape index (κ2) is 6.61. The van der Waals surface area contributed by atoms with Crippen LogP contribution in [0.15, 0.2) is 0 Å². The smallest absolute Gasteiger partial charge is 0.0618 e. The Morgan fingerprint density at radius 2 is 1.62 bits per heavy atom. The molecule has 2 nitrogen and oxygen atoms in total. The van der Waals surface area contributed by atoms with E-state index in [1.807, 2.05) is 7.11 Å². The van der Waals surface area contributed by atoms with Crippen LogP contribution in [0.2, 0.25) is 0 Å². The zero-order valence-electron chi connectivity index (χ0n) is 10.7. The van der Waals surface area contributed by atoms with Crippen LogP contribution in [0, 0.1) is 5.92 Å². The largest absolute Gasteiger partial charge is 0.383 e. The van der Waals surface area contributed by atoms with Gasteiger partial charge in [0.15, 0.2) is 0 Å². The van der Waals surface area contributed by atoms with Crippen LogP contribution < -0.4 is 5.32 Å². The summed E-state index contributed by atoms with van der Waals surface area (Å²) in [6, 6.07) is 1.40. The van der Waals surface area contributed by atoms with E-state index in [9.17, 15) is 0 Å². The number of ether oxygens (including phenoxy) is 1. The van der Waals surface area contributed by atoms with E-state index in [-0.39, 0.29) is 0 Å². The van der Waals surface area contributed by atoms with Crippen molar-refractivity contribution < 1.29 is 4.74 Å². The lowest BCUT2D eigenvalue weighted by molar-refractivity contribution is 0.147. The highest BCUT2D eigenvalue weighted by atomic mass is 16.5. The molecular weight excluding hydrogens is 198 g/mol. The van der Waals surface area contributed by atoms with Gasteiger partial charge in [0.25, 0.3) is 0 Å². The van der Waals surface area contributed by atoms with E-state index in [4.69, 9.17) is 4.74 Å². The summed E-state index contributed by atoms with van der Waals surface area (Å²) in [4.78, 5) is 0. The molecule has 0 aliphatic heterocycles. The second-order valence-electron chi connectivity index (χ2n) is 5.61. The summed E-state index contributed by atoms with van der Waals surface area (Å²) >= 11 is 0. The van der Waals surface area contributed by atoms with Gasteiger partial charge < -0.3 is 10.1 Å². The molecule has 1 atom stereocenters. The van der Waals surface area contributed by atoms with E-state index in [2.05, 4.69) is 5.32 Å².